The van der Waals surface area contributed by atoms with Crippen LogP contribution in [0.4, 0.5) is 0 Å². The molecular formula is C19H27N5O4S. The fourth-order valence-corrected chi connectivity index (χ4v) is 4.51. The average molecular weight is 422 g/mol. The first-order chi connectivity index (χ1) is 13.7. The Morgan fingerprint density at radius 2 is 1.93 bits per heavy atom. The molecule has 1 amide bonds. The molecule has 3 rings (SSSR count). The Bertz CT molecular complexity index is 955. The van der Waals surface area contributed by atoms with Gasteiger partial charge in [-0.25, -0.2) is 0 Å². The molecule has 0 spiro atoms. The maximum Gasteiger partial charge on any atom is 0.281 e. The molecule has 1 aliphatic rings. The zero-order chi connectivity index (χ0) is 21.2. The highest BCUT2D eigenvalue weighted by Gasteiger charge is 2.34. The molecule has 0 saturated carbocycles. The fourth-order valence-electron chi connectivity index (χ4n) is 3.32. The van der Waals surface area contributed by atoms with Crippen LogP contribution in [0.15, 0.2) is 28.8 Å². The van der Waals surface area contributed by atoms with Crippen molar-refractivity contribution < 1.29 is 17.7 Å². The second-order valence-corrected chi connectivity index (χ2v) is 9.70. The van der Waals surface area contributed by atoms with Gasteiger partial charge in [0.15, 0.2) is 0 Å². The summed E-state index contributed by atoms with van der Waals surface area (Å²) >= 11 is 0. The van der Waals surface area contributed by atoms with E-state index in [1.54, 1.807) is 7.05 Å². The SMILES string of the molecule is Cc1ccc(-c2noc(CN(C)C(=O)[C@H]3CCCN(S(=O)(=O)N(C)C)C3)n2)cc1. The second-order valence-electron chi connectivity index (χ2n) is 7.56. The van der Waals surface area contributed by atoms with Crippen LogP contribution in [0.25, 0.3) is 11.4 Å². The Hall–Kier alpha value is -2.30. The first kappa shape index (κ1) is 21.4. The molecule has 0 bridgehead atoms. The summed E-state index contributed by atoms with van der Waals surface area (Å²) in [6, 6.07) is 7.77. The van der Waals surface area contributed by atoms with E-state index >= 15 is 0 Å². The second kappa shape index (κ2) is 8.60. The molecule has 1 saturated heterocycles. The van der Waals surface area contributed by atoms with Gasteiger partial charge in [0, 0.05) is 39.8 Å². The van der Waals surface area contributed by atoms with Crippen molar-refractivity contribution in [3.8, 4) is 11.4 Å². The van der Waals surface area contributed by atoms with Crippen LogP contribution in [0.3, 0.4) is 0 Å². The molecule has 0 N–H and O–H groups in total. The van der Waals surface area contributed by atoms with E-state index in [4.69, 9.17) is 4.52 Å². The lowest BCUT2D eigenvalue weighted by Gasteiger charge is -2.34. The van der Waals surface area contributed by atoms with Crippen LogP contribution < -0.4 is 0 Å². The first-order valence-corrected chi connectivity index (χ1v) is 10.9. The Balaban J connectivity index is 1.64. The standard InChI is InChI=1S/C19H27N5O4S/c1-14-7-9-15(10-8-14)18-20-17(28-21-18)13-23(4)19(25)16-6-5-11-24(12-16)29(26,27)22(2)3/h7-10,16H,5-6,11-13H2,1-4H3/t16-/m0/s1. The van der Waals surface area contributed by atoms with Crippen molar-refractivity contribution in [3.05, 3.63) is 35.7 Å². The van der Waals surface area contributed by atoms with Gasteiger partial charge in [0.1, 0.15) is 0 Å². The topological polar surface area (TPSA) is 99.8 Å². The van der Waals surface area contributed by atoms with Crippen molar-refractivity contribution in [3.63, 3.8) is 0 Å². The fraction of sp³-hybridized carbons (Fsp3) is 0.526. The van der Waals surface area contributed by atoms with Crippen molar-refractivity contribution in [1.82, 2.24) is 23.7 Å². The largest absolute Gasteiger partial charge is 0.337 e. The smallest absolute Gasteiger partial charge is 0.281 e. The molecule has 10 heteroatoms. The monoisotopic (exact) mass is 421 g/mol. The van der Waals surface area contributed by atoms with Crippen molar-refractivity contribution in [2.75, 3.05) is 34.2 Å². The van der Waals surface area contributed by atoms with E-state index in [0.717, 1.165) is 11.1 Å². The summed E-state index contributed by atoms with van der Waals surface area (Å²) in [7, 11) is 1.13. The van der Waals surface area contributed by atoms with Gasteiger partial charge in [-0.3, -0.25) is 4.79 Å². The Labute approximate surface area is 171 Å². The summed E-state index contributed by atoms with van der Waals surface area (Å²) < 4.78 is 32.6. The molecule has 1 atom stereocenters. The third-order valence-corrected chi connectivity index (χ3v) is 6.95. The van der Waals surface area contributed by atoms with E-state index in [2.05, 4.69) is 10.1 Å². The highest BCUT2D eigenvalue weighted by Crippen LogP contribution is 2.23. The number of rotatable bonds is 6. The normalized spacial score (nSPS) is 18.2. The highest BCUT2D eigenvalue weighted by atomic mass is 32.2. The number of piperidine rings is 1. The summed E-state index contributed by atoms with van der Waals surface area (Å²) in [6.45, 7) is 2.79. The summed E-state index contributed by atoms with van der Waals surface area (Å²) in [5, 5.41) is 3.99. The van der Waals surface area contributed by atoms with Crippen LogP contribution in [-0.4, -0.2) is 72.2 Å². The Morgan fingerprint density at radius 1 is 1.24 bits per heavy atom. The zero-order valence-corrected chi connectivity index (χ0v) is 18.0. The number of aromatic nitrogens is 2. The van der Waals surface area contributed by atoms with Crippen LogP contribution in [0.5, 0.6) is 0 Å². The minimum absolute atomic E-state index is 0.126. The van der Waals surface area contributed by atoms with Gasteiger partial charge < -0.3 is 9.42 Å². The lowest BCUT2D eigenvalue weighted by Crippen LogP contribution is -2.49. The van der Waals surface area contributed by atoms with Crippen LogP contribution in [-0.2, 0) is 21.5 Å². The maximum atomic E-state index is 12.9. The van der Waals surface area contributed by atoms with E-state index in [-0.39, 0.29) is 24.9 Å². The van der Waals surface area contributed by atoms with E-state index in [1.165, 1.54) is 27.6 Å². The van der Waals surface area contributed by atoms with Gasteiger partial charge in [-0.05, 0) is 19.8 Å². The van der Waals surface area contributed by atoms with Crippen molar-refractivity contribution in [2.24, 2.45) is 5.92 Å². The van der Waals surface area contributed by atoms with Gasteiger partial charge in [0.2, 0.25) is 17.6 Å². The summed E-state index contributed by atoms with van der Waals surface area (Å²) in [4.78, 5) is 18.7. The molecular weight excluding hydrogens is 394 g/mol. The number of nitrogens with zero attached hydrogens (tertiary/aromatic N) is 5. The Morgan fingerprint density at radius 3 is 2.59 bits per heavy atom. The molecule has 0 aliphatic carbocycles. The quantitative estimate of drug-likeness (QED) is 0.701. The summed E-state index contributed by atoms with van der Waals surface area (Å²) in [5.41, 5.74) is 1.98. The third-order valence-electron chi connectivity index (χ3n) is 5.05. The lowest BCUT2D eigenvalue weighted by atomic mass is 9.98. The molecule has 2 heterocycles. The molecule has 0 radical (unpaired) electrons. The van der Waals surface area contributed by atoms with E-state index in [9.17, 15) is 13.2 Å². The van der Waals surface area contributed by atoms with Gasteiger partial charge in [0.25, 0.3) is 10.2 Å². The number of aryl methyl sites for hydroxylation is 1. The van der Waals surface area contributed by atoms with Gasteiger partial charge in [0.05, 0.1) is 12.5 Å². The molecule has 158 valence electrons. The first-order valence-electron chi connectivity index (χ1n) is 9.50. The van der Waals surface area contributed by atoms with Crippen molar-refractivity contribution in [2.45, 2.75) is 26.3 Å². The van der Waals surface area contributed by atoms with Crippen LogP contribution in [0, 0.1) is 12.8 Å². The molecule has 9 nitrogen and oxygen atoms in total. The third kappa shape index (κ3) is 4.82. The predicted octanol–water partition coefficient (Wildman–Crippen LogP) is 1.52. The summed E-state index contributed by atoms with van der Waals surface area (Å²) in [5.74, 6) is 0.300. The van der Waals surface area contributed by atoms with Crippen molar-refractivity contribution >= 4 is 16.1 Å². The minimum Gasteiger partial charge on any atom is -0.337 e. The summed E-state index contributed by atoms with van der Waals surface area (Å²) in [6.07, 6.45) is 1.30. The molecule has 29 heavy (non-hydrogen) atoms. The minimum atomic E-state index is -3.53. The van der Waals surface area contributed by atoms with Gasteiger partial charge in [-0.2, -0.15) is 22.0 Å². The van der Waals surface area contributed by atoms with Gasteiger partial charge in [-0.1, -0.05) is 35.0 Å². The number of carbonyl (C=O) groups excluding carboxylic acids is 1. The van der Waals surface area contributed by atoms with Crippen LogP contribution in [0.1, 0.15) is 24.3 Å². The number of benzene rings is 1. The van der Waals surface area contributed by atoms with Gasteiger partial charge in [-0.15, -0.1) is 0 Å². The van der Waals surface area contributed by atoms with Gasteiger partial charge >= 0.3 is 0 Å². The molecule has 1 fully saturated rings. The van der Waals surface area contributed by atoms with E-state index in [1.807, 2.05) is 31.2 Å². The molecule has 1 aromatic heterocycles. The zero-order valence-electron chi connectivity index (χ0n) is 17.2. The number of hydrogen-bond donors (Lipinski definition) is 0. The number of carbonyl (C=O) groups is 1. The van der Waals surface area contributed by atoms with E-state index < -0.39 is 10.2 Å². The molecule has 2 aromatic rings. The Kier molecular flexibility index (Phi) is 6.35. The molecule has 1 aromatic carbocycles. The van der Waals surface area contributed by atoms with Crippen molar-refractivity contribution in [1.29, 1.82) is 0 Å². The van der Waals surface area contributed by atoms with E-state index in [0.29, 0.717) is 31.1 Å². The molecule has 0 unspecified atom stereocenters. The highest BCUT2D eigenvalue weighted by molar-refractivity contribution is 7.86. The molecule has 1 aliphatic heterocycles. The predicted molar refractivity (Wildman–Crippen MR) is 108 cm³/mol. The lowest BCUT2D eigenvalue weighted by molar-refractivity contribution is -0.136. The average Bonchev–Trinajstić information content (AvgIpc) is 3.16. The van der Waals surface area contributed by atoms with Crippen LogP contribution in [0.2, 0.25) is 0 Å². The number of hydrogen-bond acceptors (Lipinski definition) is 6. The maximum absolute atomic E-state index is 12.9. The number of amides is 1. The van der Waals surface area contributed by atoms with Crippen LogP contribution >= 0.6 is 0 Å².